The predicted molar refractivity (Wildman–Crippen MR) is 74.1 cm³/mol. The maximum Gasteiger partial charge on any atom is 0.261 e. The zero-order valence-electron chi connectivity index (χ0n) is 10.9. The minimum atomic E-state index is -4.10. The van der Waals surface area contributed by atoms with Gasteiger partial charge >= 0.3 is 0 Å². The number of rotatable bonds is 6. The van der Waals surface area contributed by atoms with E-state index in [4.69, 9.17) is 10.7 Å². The normalized spacial score (nSPS) is 12.8. The Morgan fingerprint density at radius 2 is 1.75 bits per heavy atom. The van der Waals surface area contributed by atoms with Gasteiger partial charge in [-0.2, -0.15) is 0 Å². The second-order valence-corrected chi connectivity index (χ2v) is 8.41. The van der Waals surface area contributed by atoms with Crippen molar-refractivity contribution in [3.8, 4) is 0 Å². The number of hydrogen-bond donors (Lipinski definition) is 1. The number of nitrogens with one attached hydrogen (secondary N) is 1. The summed E-state index contributed by atoms with van der Waals surface area (Å²) in [5, 5.41) is 0. The summed E-state index contributed by atoms with van der Waals surface area (Å²) in [5.74, 6) is -1.16. The van der Waals surface area contributed by atoms with Gasteiger partial charge in [0.05, 0.1) is 4.90 Å². The molecule has 5 nitrogen and oxygen atoms in total. The lowest BCUT2D eigenvalue weighted by molar-refractivity contribution is 0.519. The van der Waals surface area contributed by atoms with Gasteiger partial charge in [-0.1, -0.05) is 13.8 Å². The van der Waals surface area contributed by atoms with Gasteiger partial charge in [0.2, 0.25) is 10.0 Å². The summed E-state index contributed by atoms with van der Waals surface area (Å²) in [7, 11) is -3.08. The van der Waals surface area contributed by atoms with Crippen LogP contribution in [0.1, 0.15) is 26.7 Å². The Labute approximate surface area is 122 Å². The van der Waals surface area contributed by atoms with E-state index < -0.39 is 34.7 Å². The van der Waals surface area contributed by atoms with E-state index in [1.807, 2.05) is 0 Å². The summed E-state index contributed by atoms with van der Waals surface area (Å²) in [6.07, 6.45) is 1.12. The second kappa shape index (κ2) is 6.38. The lowest BCUT2D eigenvalue weighted by Gasteiger charge is -2.15. The lowest BCUT2D eigenvalue weighted by Crippen LogP contribution is -2.34. The quantitative estimate of drug-likeness (QED) is 0.803. The molecule has 114 valence electrons. The van der Waals surface area contributed by atoms with Crippen LogP contribution in [0.4, 0.5) is 4.39 Å². The first-order valence-corrected chi connectivity index (χ1v) is 9.67. The highest BCUT2D eigenvalue weighted by Gasteiger charge is 2.23. The second-order valence-electron chi connectivity index (χ2n) is 4.16. The van der Waals surface area contributed by atoms with Gasteiger partial charge in [0.1, 0.15) is 10.7 Å². The van der Waals surface area contributed by atoms with Gasteiger partial charge in [-0.25, -0.2) is 25.9 Å². The predicted octanol–water partition coefficient (Wildman–Crippen LogP) is 2.22. The van der Waals surface area contributed by atoms with E-state index in [1.165, 1.54) is 0 Å². The number of benzene rings is 1. The largest absolute Gasteiger partial charge is 0.261 e. The molecule has 9 heteroatoms. The summed E-state index contributed by atoms with van der Waals surface area (Å²) in [6.45, 7) is 3.60. The molecule has 0 radical (unpaired) electrons. The van der Waals surface area contributed by atoms with Crippen molar-refractivity contribution in [3.63, 3.8) is 0 Å². The zero-order valence-corrected chi connectivity index (χ0v) is 13.3. The molecule has 1 aromatic carbocycles. The SMILES string of the molecule is CCC(CC)NS(=O)(=O)c1ccc(S(=O)(=O)Cl)cc1F. The van der Waals surface area contributed by atoms with Gasteiger partial charge in [0.15, 0.2) is 0 Å². The molecule has 0 aliphatic heterocycles. The topological polar surface area (TPSA) is 80.3 Å². The molecule has 0 aliphatic carbocycles. The molecule has 0 bridgehead atoms. The van der Waals surface area contributed by atoms with Crippen LogP contribution < -0.4 is 4.72 Å². The van der Waals surface area contributed by atoms with Crippen LogP contribution in [0.15, 0.2) is 28.0 Å². The van der Waals surface area contributed by atoms with Gasteiger partial charge in [-0.05, 0) is 31.0 Å². The summed E-state index contributed by atoms with van der Waals surface area (Å²) in [5.41, 5.74) is 0. The van der Waals surface area contributed by atoms with Crippen molar-refractivity contribution in [1.82, 2.24) is 4.72 Å². The van der Waals surface area contributed by atoms with Crippen molar-refractivity contribution in [2.45, 2.75) is 42.5 Å². The molecule has 0 aliphatic rings. The first-order chi connectivity index (χ1) is 9.11. The van der Waals surface area contributed by atoms with E-state index >= 15 is 0 Å². The molecule has 0 atom stereocenters. The fraction of sp³-hybridized carbons (Fsp3) is 0.455. The van der Waals surface area contributed by atoms with Crippen molar-refractivity contribution in [3.05, 3.63) is 24.0 Å². The van der Waals surface area contributed by atoms with Crippen LogP contribution in [0, 0.1) is 5.82 Å². The molecule has 1 aromatic rings. The van der Waals surface area contributed by atoms with Gasteiger partial charge in [-0.3, -0.25) is 0 Å². The summed E-state index contributed by atoms with van der Waals surface area (Å²) in [6, 6.07) is 2.11. The van der Waals surface area contributed by atoms with Crippen molar-refractivity contribution in [2.24, 2.45) is 0 Å². The first-order valence-electron chi connectivity index (χ1n) is 5.88. The number of halogens is 2. The maximum atomic E-state index is 13.8. The van der Waals surface area contributed by atoms with E-state index in [2.05, 4.69) is 4.72 Å². The summed E-state index contributed by atoms with van der Waals surface area (Å²) >= 11 is 0. The van der Waals surface area contributed by atoms with Crippen molar-refractivity contribution in [2.75, 3.05) is 0 Å². The van der Waals surface area contributed by atoms with E-state index in [9.17, 15) is 21.2 Å². The van der Waals surface area contributed by atoms with Crippen LogP contribution >= 0.6 is 10.7 Å². The summed E-state index contributed by atoms with van der Waals surface area (Å²) in [4.78, 5) is -1.09. The molecule has 0 saturated heterocycles. The van der Waals surface area contributed by atoms with Crippen LogP contribution in [0.2, 0.25) is 0 Å². The van der Waals surface area contributed by atoms with Gasteiger partial charge in [-0.15, -0.1) is 0 Å². The highest BCUT2D eigenvalue weighted by molar-refractivity contribution is 8.13. The highest BCUT2D eigenvalue weighted by atomic mass is 35.7. The van der Waals surface area contributed by atoms with Crippen LogP contribution in [-0.2, 0) is 19.1 Å². The fourth-order valence-corrected chi connectivity index (χ4v) is 3.81. The third kappa shape index (κ3) is 4.15. The van der Waals surface area contributed by atoms with E-state index in [-0.39, 0.29) is 6.04 Å². The Bertz CT molecular complexity index is 684. The number of sulfonamides is 1. The molecular formula is C11H15ClFNO4S2. The molecule has 0 unspecified atom stereocenters. The molecule has 1 N–H and O–H groups in total. The Kier molecular flexibility index (Phi) is 5.54. The maximum absolute atomic E-state index is 13.8. The average Bonchev–Trinajstić information content (AvgIpc) is 2.34. The number of hydrogen-bond acceptors (Lipinski definition) is 4. The first kappa shape index (κ1) is 17.4. The minimum absolute atomic E-state index is 0.309. The fourth-order valence-electron chi connectivity index (χ4n) is 1.59. The van der Waals surface area contributed by atoms with Gasteiger partial charge < -0.3 is 0 Å². The Hall–Kier alpha value is -0.700. The van der Waals surface area contributed by atoms with Crippen molar-refractivity contribution >= 4 is 29.8 Å². The molecule has 0 aromatic heterocycles. The highest BCUT2D eigenvalue weighted by Crippen LogP contribution is 2.21. The van der Waals surface area contributed by atoms with Crippen LogP contribution in [0.25, 0.3) is 0 Å². The summed E-state index contributed by atoms with van der Waals surface area (Å²) < 4.78 is 62.3. The molecular weight excluding hydrogens is 329 g/mol. The smallest absolute Gasteiger partial charge is 0.208 e. The van der Waals surface area contributed by atoms with E-state index in [0.29, 0.717) is 18.9 Å². The third-order valence-corrected chi connectivity index (χ3v) is 5.69. The van der Waals surface area contributed by atoms with Crippen LogP contribution in [-0.4, -0.2) is 22.9 Å². The molecule has 0 amide bonds. The third-order valence-electron chi connectivity index (χ3n) is 2.78. The minimum Gasteiger partial charge on any atom is -0.208 e. The van der Waals surface area contributed by atoms with E-state index in [0.717, 1.165) is 12.1 Å². The van der Waals surface area contributed by atoms with Crippen molar-refractivity contribution in [1.29, 1.82) is 0 Å². The van der Waals surface area contributed by atoms with Crippen LogP contribution in [0.3, 0.4) is 0 Å². The monoisotopic (exact) mass is 343 g/mol. The van der Waals surface area contributed by atoms with E-state index in [1.54, 1.807) is 13.8 Å². The van der Waals surface area contributed by atoms with Gasteiger partial charge in [0.25, 0.3) is 9.05 Å². The van der Waals surface area contributed by atoms with Crippen molar-refractivity contribution < 1.29 is 21.2 Å². The van der Waals surface area contributed by atoms with Gasteiger partial charge in [0, 0.05) is 16.7 Å². The molecule has 0 spiro atoms. The Morgan fingerprint density at radius 1 is 1.20 bits per heavy atom. The molecule has 0 saturated carbocycles. The molecule has 1 rings (SSSR count). The molecule has 20 heavy (non-hydrogen) atoms. The molecule has 0 fully saturated rings. The Morgan fingerprint density at radius 3 is 2.15 bits per heavy atom. The molecule has 0 heterocycles. The zero-order chi connectivity index (χ0) is 15.6. The van der Waals surface area contributed by atoms with Crippen LogP contribution in [0.5, 0.6) is 0 Å². The standard InChI is InChI=1S/C11H15ClFNO4S2/c1-3-8(4-2)14-20(17,18)11-6-5-9(7-10(11)13)19(12,15)16/h5-8,14H,3-4H2,1-2H3. The average molecular weight is 344 g/mol. The lowest BCUT2D eigenvalue weighted by atomic mass is 10.2. The Balaban J connectivity index is 3.21.